The number of amides is 2. The molecule has 122 valence electrons. The minimum absolute atomic E-state index is 0.214. The molecule has 0 saturated heterocycles. The number of aryl methyl sites for hydroxylation is 1. The Kier molecular flexibility index (Phi) is 4.71. The molecule has 0 unspecified atom stereocenters. The second kappa shape index (κ2) is 7.28. The molecule has 0 saturated carbocycles. The number of benzene rings is 1. The van der Waals surface area contributed by atoms with Crippen molar-refractivity contribution in [2.75, 3.05) is 0 Å². The minimum Gasteiger partial charge on any atom is -0.469 e. The standard InChI is InChI=1S/C17H16N4O3/c22-16(9-8-14-7-4-10-24-14)19-20-17(23)15-11-18-12-21(15)13-5-2-1-3-6-13/h1-7,10-12H,8-9H2,(H,19,22)(H,20,23). The molecule has 0 spiro atoms. The molecule has 7 nitrogen and oxygen atoms in total. The smallest absolute Gasteiger partial charge is 0.288 e. The number of hydrogen-bond donors (Lipinski definition) is 2. The Hall–Kier alpha value is -3.35. The van der Waals surface area contributed by atoms with Gasteiger partial charge in [0.2, 0.25) is 5.91 Å². The van der Waals surface area contributed by atoms with E-state index in [-0.39, 0.29) is 12.3 Å². The van der Waals surface area contributed by atoms with Crippen LogP contribution in [0.2, 0.25) is 0 Å². The number of para-hydroxylation sites is 1. The number of imidazole rings is 1. The van der Waals surface area contributed by atoms with Gasteiger partial charge in [-0.05, 0) is 24.3 Å². The fourth-order valence-corrected chi connectivity index (χ4v) is 2.20. The van der Waals surface area contributed by atoms with Crippen molar-refractivity contribution in [3.05, 3.63) is 72.7 Å². The SMILES string of the molecule is O=C(CCc1ccco1)NNC(=O)c1cncn1-c1ccccc1. The van der Waals surface area contributed by atoms with E-state index in [0.717, 1.165) is 11.4 Å². The van der Waals surface area contributed by atoms with Gasteiger partial charge in [0.25, 0.3) is 5.91 Å². The van der Waals surface area contributed by atoms with Crippen LogP contribution in [-0.2, 0) is 11.2 Å². The molecule has 7 heteroatoms. The van der Waals surface area contributed by atoms with Crippen LogP contribution in [-0.4, -0.2) is 21.4 Å². The molecule has 0 radical (unpaired) electrons. The Labute approximate surface area is 138 Å². The van der Waals surface area contributed by atoms with Crippen molar-refractivity contribution in [3.63, 3.8) is 0 Å². The first kappa shape index (κ1) is 15.5. The van der Waals surface area contributed by atoms with Crippen LogP contribution in [0.3, 0.4) is 0 Å². The van der Waals surface area contributed by atoms with Gasteiger partial charge in [-0.1, -0.05) is 18.2 Å². The van der Waals surface area contributed by atoms with E-state index in [2.05, 4.69) is 15.8 Å². The second-order valence-electron chi connectivity index (χ2n) is 5.07. The first-order valence-electron chi connectivity index (χ1n) is 7.43. The number of furan rings is 1. The second-order valence-corrected chi connectivity index (χ2v) is 5.07. The molecular formula is C17H16N4O3. The summed E-state index contributed by atoms with van der Waals surface area (Å²) in [5, 5.41) is 0. The van der Waals surface area contributed by atoms with E-state index in [1.807, 2.05) is 30.3 Å². The van der Waals surface area contributed by atoms with Crippen LogP contribution in [0.4, 0.5) is 0 Å². The molecule has 1 aromatic carbocycles. The highest BCUT2D eigenvalue weighted by Gasteiger charge is 2.13. The molecule has 2 heterocycles. The molecular weight excluding hydrogens is 308 g/mol. The van der Waals surface area contributed by atoms with Crippen LogP contribution in [0.1, 0.15) is 22.7 Å². The largest absolute Gasteiger partial charge is 0.469 e. The Morgan fingerprint density at radius 1 is 1.08 bits per heavy atom. The molecule has 0 aliphatic carbocycles. The highest BCUT2D eigenvalue weighted by molar-refractivity contribution is 5.94. The van der Waals surface area contributed by atoms with Gasteiger partial charge >= 0.3 is 0 Å². The lowest BCUT2D eigenvalue weighted by molar-refractivity contribution is -0.121. The fraction of sp³-hybridized carbons (Fsp3) is 0.118. The molecule has 2 aromatic heterocycles. The molecule has 0 fully saturated rings. The highest BCUT2D eigenvalue weighted by Crippen LogP contribution is 2.10. The maximum atomic E-state index is 12.2. The van der Waals surface area contributed by atoms with Crippen molar-refractivity contribution >= 4 is 11.8 Å². The molecule has 0 atom stereocenters. The monoisotopic (exact) mass is 324 g/mol. The van der Waals surface area contributed by atoms with Crippen molar-refractivity contribution in [3.8, 4) is 5.69 Å². The van der Waals surface area contributed by atoms with Crippen LogP contribution >= 0.6 is 0 Å². The summed E-state index contributed by atoms with van der Waals surface area (Å²) in [5.74, 6) is -0.0214. The molecule has 2 amide bonds. The summed E-state index contributed by atoms with van der Waals surface area (Å²) in [7, 11) is 0. The third-order valence-electron chi connectivity index (χ3n) is 3.40. The zero-order valence-corrected chi connectivity index (χ0v) is 12.8. The Balaban J connectivity index is 1.56. The zero-order chi connectivity index (χ0) is 16.8. The molecule has 0 bridgehead atoms. The van der Waals surface area contributed by atoms with E-state index in [1.54, 1.807) is 29.3 Å². The van der Waals surface area contributed by atoms with Gasteiger partial charge in [-0.3, -0.25) is 25.0 Å². The van der Waals surface area contributed by atoms with E-state index in [9.17, 15) is 9.59 Å². The third kappa shape index (κ3) is 3.70. The number of rotatable bonds is 5. The first-order valence-corrected chi connectivity index (χ1v) is 7.43. The average molecular weight is 324 g/mol. The first-order chi connectivity index (χ1) is 11.7. The van der Waals surface area contributed by atoms with E-state index in [4.69, 9.17) is 4.42 Å². The van der Waals surface area contributed by atoms with E-state index in [0.29, 0.717) is 12.1 Å². The number of nitrogens with one attached hydrogen (secondary N) is 2. The van der Waals surface area contributed by atoms with Gasteiger partial charge < -0.3 is 4.42 Å². The lowest BCUT2D eigenvalue weighted by Crippen LogP contribution is -2.42. The van der Waals surface area contributed by atoms with Crippen LogP contribution in [0.25, 0.3) is 5.69 Å². The Morgan fingerprint density at radius 3 is 2.67 bits per heavy atom. The summed E-state index contributed by atoms with van der Waals surface area (Å²) in [5.41, 5.74) is 5.92. The maximum Gasteiger partial charge on any atom is 0.288 e. The molecule has 2 N–H and O–H groups in total. The predicted octanol–water partition coefficient (Wildman–Crippen LogP) is 1.86. The third-order valence-corrected chi connectivity index (χ3v) is 3.40. The number of aromatic nitrogens is 2. The van der Waals surface area contributed by atoms with Crippen molar-refractivity contribution in [2.45, 2.75) is 12.8 Å². The van der Waals surface area contributed by atoms with Crippen molar-refractivity contribution in [1.29, 1.82) is 0 Å². The number of hydrogen-bond acceptors (Lipinski definition) is 4. The van der Waals surface area contributed by atoms with Gasteiger partial charge in [0.1, 0.15) is 11.5 Å². The van der Waals surface area contributed by atoms with Crippen molar-refractivity contribution < 1.29 is 14.0 Å². The summed E-state index contributed by atoms with van der Waals surface area (Å²) in [6.45, 7) is 0. The van der Waals surface area contributed by atoms with Gasteiger partial charge in [-0.2, -0.15) is 0 Å². The van der Waals surface area contributed by atoms with Crippen LogP contribution in [0, 0.1) is 0 Å². The highest BCUT2D eigenvalue weighted by atomic mass is 16.3. The summed E-state index contributed by atoms with van der Waals surface area (Å²) >= 11 is 0. The summed E-state index contributed by atoms with van der Waals surface area (Å²) < 4.78 is 6.80. The van der Waals surface area contributed by atoms with E-state index < -0.39 is 5.91 Å². The topological polar surface area (TPSA) is 89.2 Å². The average Bonchev–Trinajstić information content (AvgIpc) is 3.30. The Morgan fingerprint density at radius 2 is 1.92 bits per heavy atom. The summed E-state index contributed by atoms with van der Waals surface area (Å²) in [6.07, 6.45) is 5.22. The molecule has 0 aliphatic rings. The van der Waals surface area contributed by atoms with Crippen molar-refractivity contribution in [1.82, 2.24) is 20.4 Å². The number of carbonyl (C=O) groups is 2. The van der Waals surface area contributed by atoms with Crippen LogP contribution in [0.5, 0.6) is 0 Å². The number of hydrazine groups is 1. The van der Waals surface area contributed by atoms with Crippen LogP contribution < -0.4 is 10.9 Å². The maximum absolute atomic E-state index is 12.2. The quantitative estimate of drug-likeness (QED) is 0.701. The van der Waals surface area contributed by atoms with E-state index in [1.165, 1.54) is 6.20 Å². The lowest BCUT2D eigenvalue weighted by atomic mass is 10.2. The fourth-order valence-electron chi connectivity index (χ4n) is 2.20. The molecule has 24 heavy (non-hydrogen) atoms. The normalized spacial score (nSPS) is 10.3. The molecule has 3 rings (SSSR count). The summed E-state index contributed by atoms with van der Waals surface area (Å²) in [4.78, 5) is 28.0. The lowest BCUT2D eigenvalue weighted by Gasteiger charge is -2.09. The molecule has 3 aromatic rings. The van der Waals surface area contributed by atoms with Crippen molar-refractivity contribution in [2.24, 2.45) is 0 Å². The number of nitrogens with zero attached hydrogens (tertiary/aromatic N) is 2. The number of carbonyl (C=O) groups excluding carboxylic acids is 2. The molecule has 0 aliphatic heterocycles. The van der Waals surface area contributed by atoms with Crippen LogP contribution in [0.15, 0.2) is 65.7 Å². The van der Waals surface area contributed by atoms with E-state index >= 15 is 0 Å². The van der Waals surface area contributed by atoms with Gasteiger partial charge in [-0.15, -0.1) is 0 Å². The van der Waals surface area contributed by atoms with Gasteiger partial charge in [0, 0.05) is 18.5 Å². The summed E-state index contributed by atoms with van der Waals surface area (Å²) in [6, 6.07) is 12.9. The Bertz CT molecular complexity index is 810. The zero-order valence-electron chi connectivity index (χ0n) is 12.8. The van der Waals surface area contributed by atoms with Gasteiger partial charge in [0.05, 0.1) is 18.8 Å². The van der Waals surface area contributed by atoms with Gasteiger partial charge in [0.15, 0.2) is 0 Å². The van der Waals surface area contributed by atoms with Gasteiger partial charge in [-0.25, -0.2) is 4.98 Å². The minimum atomic E-state index is -0.442. The predicted molar refractivity (Wildman–Crippen MR) is 86.2 cm³/mol.